The molecule has 0 aliphatic carbocycles. The molecule has 0 N–H and O–H groups in total. The van der Waals surface area contributed by atoms with E-state index < -0.39 is 7.32 Å². The van der Waals surface area contributed by atoms with Gasteiger partial charge in [0.1, 0.15) is 0 Å². The Bertz CT molecular complexity index is 11.6. The van der Waals surface area contributed by atoms with E-state index in [1.165, 1.54) is 0 Å². The molecule has 3 nitrogen and oxygen atoms in total. The van der Waals surface area contributed by atoms with Gasteiger partial charge in [-0.2, -0.15) is 0 Å². The summed E-state index contributed by atoms with van der Waals surface area (Å²) in [5.74, 6) is 0. The fraction of sp³-hybridized carbons (Fsp3) is 0. The zero-order chi connectivity index (χ0) is 3.58. The van der Waals surface area contributed by atoms with E-state index in [9.17, 15) is 0 Å². The van der Waals surface area contributed by atoms with Gasteiger partial charge in [-0.3, -0.25) is 7.32 Å². The first-order chi connectivity index (χ1) is 1.73. The van der Waals surface area contributed by atoms with Crippen LogP contribution < -0.4 is 15.1 Å². The Hall–Kier alpha value is 0.594. The van der Waals surface area contributed by atoms with Crippen LogP contribution in [0.25, 0.3) is 0 Å². The molecule has 0 heterocycles. The van der Waals surface area contributed by atoms with Gasteiger partial charge in [0.05, 0.1) is 0 Å². The molecule has 0 radical (unpaired) electrons. The van der Waals surface area contributed by atoms with Crippen molar-refractivity contribution in [3.63, 3.8) is 0 Å². The fourth-order valence-electron chi connectivity index (χ4n) is 0. The summed E-state index contributed by atoms with van der Waals surface area (Å²) in [7, 11) is -2.92. The van der Waals surface area contributed by atoms with Gasteiger partial charge in [0.2, 0.25) is 0 Å². The predicted molar refractivity (Wildman–Crippen MR) is 5.75 cm³/mol. The topological polar surface area (TPSA) is 69.2 Å². The monoisotopic (exact) mass is 252 g/mol. The van der Waals surface area contributed by atoms with Gasteiger partial charge in [0.15, 0.2) is 0 Å². The van der Waals surface area contributed by atoms with Crippen LogP contribution in [0.1, 0.15) is 0 Å². The molecule has 0 bridgehead atoms. The van der Waals surface area contributed by atoms with E-state index in [2.05, 4.69) is 0 Å². The van der Waals surface area contributed by atoms with Crippen molar-refractivity contribution < 1.29 is 35.2 Å². The van der Waals surface area contributed by atoms with E-state index in [1.807, 2.05) is 0 Å². The zero-order valence-electron chi connectivity index (χ0n) is 2.14. The van der Waals surface area contributed by atoms with E-state index in [4.69, 9.17) is 15.1 Å². The van der Waals surface area contributed by atoms with Crippen molar-refractivity contribution in [2.24, 2.45) is 0 Å². The normalized spacial score (nSPS) is 5.40. The first kappa shape index (κ1) is 9.14. The summed E-state index contributed by atoms with van der Waals surface area (Å²) in [6.07, 6.45) is 0. The third kappa shape index (κ3) is 87.6. The van der Waals surface area contributed by atoms with E-state index in [0.29, 0.717) is 0 Å². The third-order valence-corrected chi connectivity index (χ3v) is 0. The average molecular weight is 251 g/mol. The van der Waals surface area contributed by atoms with Crippen LogP contribution in [0, 0.1) is 0 Å². The molecule has 0 rings (SSSR count). The summed E-state index contributed by atoms with van der Waals surface area (Å²) in [6.45, 7) is 0. The van der Waals surface area contributed by atoms with Crippen molar-refractivity contribution in [2.75, 3.05) is 0 Å². The molecule has 0 atom stereocenters. The molecule has 0 saturated carbocycles. The zero-order valence-corrected chi connectivity index (χ0v) is 4.53. The summed E-state index contributed by atoms with van der Waals surface area (Å²) < 4.78 is 0. The number of hydrogen-bond donors (Lipinski definition) is 0. The van der Waals surface area contributed by atoms with Gasteiger partial charge in [-0.25, -0.2) is 0 Å². The second kappa shape index (κ2) is 4.59. The van der Waals surface area contributed by atoms with Crippen LogP contribution in [0.2, 0.25) is 0 Å². The predicted octanol–water partition coefficient (Wildman–Crippen LogP) is -3.95. The summed E-state index contributed by atoms with van der Waals surface area (Å²) in [4.78, 5) is 0. The van der Waals surface area contributed by atoms with Crippen molar-refractivity contribution in [1.82, 2.24) is 0 Å². The minimum atomic E-state index is -2.92. The Balaban J connectivity index is 0. The van der Waals surface area contributed by atoms with Crippen LogP contribution in [-0.2, 0) is 20.1 Å². The molecular formula is BIrO3. The minimum absolute atomic E-state index is 0. The third-order valence-electron chi connectivity index (χ3n) is 0. The summed E-state index contributed by atoms with van der Waals surface area (Å²) in [6, 6.07) is 0. The number of rotatable bonds is 0. The largest absolute Gasteiger partial charge is 3.00 e. The molecule has 5 heteroatoms. The molecule has 30 valence electrons. The molecule has 0 fully saturated rings. The van der Waals surface area contributed by atoms with Crippen LogP contribution >= 0.6 is 0 Å². The van der Waals surface area contributed by atoms with Crippen LogP contribution in [0.3, 0.4) is 0 Å². The maximum atomic E-state index is 8.42. The van der Waals surface area contributed by atoms with Crippen LogP contribution in [0.15, 0.2) is 0 Å². The van der Waals surface area contributed by atoms with Gasteiger partial charge in [0, 0.05) is 0 Å². The van der Waals surface area contributed by atoms with Gasteiger partial charge in [-0.1, -0.05) is 0 Å². The van der Waals surface area contributed by atoms with Crippen molar-refractivity contribution in [3.8, 4) is 0 Å². The molecule has 0 aromatic carbocycles. The molecule has 0 aliphatic rings. The van der Waals surface area contributed by atoms with Crippen LogP contribution in [-0.4, -0.2) is 7.32 Å². The Kier molecular flexibility index (Phi) is 8.40. The second-order valence-electron chi connectivity index (χ2n) is 0.289. The van der Waals surface area contributed by atoms with Crippen LogP contribution in [0.5, 0.6) is 0 Å². The van der Waals surface area contributed by atoms with Gasteiger partial charge in [-0.15, -0.1) is 0 Å². The SMILES string of the molecule is [Ir+3].[O-]B([O-])[O-]. The van der Waals surface area contributed by atoms with Crippen molar-refractivity contribution >= 4 is 7.32 Å². The standard InChI is InChI=1S/BO3.Ir/c2-1(3)4;/q-3;+3. The van der Waals surface area contributed by atoms with Gasteiger partial charge < -0.3 is 15.1 Å². The molecule has 0 spiro atoms. The van der Waals surface area contributed by atoms with Crippen LogP contribution in [0.4, 0.5) is 0 Å². The maximum Gasteiger partial charge on any atom is 3.00 e. The smallest absolute Gasteiger partial charge is 0.907 e. The average Bonchev–Trinajstić information content (AvgIpc) is 0.811. The fourth-order valence-corrected chi connectivity index (χ4v) is 0. The molecular weight excluding hydrogens is 251 g/mol. The van der Waals surface area contributed by atoms with E-state index in [-0.39, 0.29) is 20.1 Å². The van der Waals surface area contributed by atoms with Crippen molar-refractivity contribution in [3.05, 3.63) is 0 Å². The van der Waals surface area contributed by atoms with Crippen molar-refractivity contribution in [1.29, 1.82) is 0 Å². The summed E-state index contributed by atoms with van der Waals surface area (Å²) in [5.41, 5.74) is 0. The minimum Gasteiger partial charge on any atom is -0.907 e. The van der Waals surface area contributed by atoms with E-state index in [1.54, 1.807) is 0 Å². The Morgan fingerprint density at radius 1 is 1.00 bits per heavy atom. The molecule has 5 heavy (non-hydrogen) atoms. The Morgan fingerprint density at radius 3 is 1.00 bits per heavy atom. The first-order valence-corrected chi connectivity index (χ1v) is 0.707. The van der Waals surface area contributed by atoms with Gasteiger partial charge in [0.25, 0.3) is 0 Å². The summed E-state index contributed by atoms with van der Waals surface area (Å²) >= 11 is 0. The van der Waals surface area contributed by atoms with Gasteiger partial charge >= 0.3 is 20.1 Å². The molecule has 0 aromatic rings. The molecule has 0 amide bonds. The first-order valence-electron chi connectivity index (χ1n) is 0.707. The van der Waals surface area contributed by atoms with Crippen molar-refractivity contribution in [2.45, 2.75) is 0 Å². The Morgan fingerprint density at radius 2 is 1.00 bits per heavy atom. The molecule has 0 unspecified atom stereocenters. The molecule has 0 aliphatic heterocycles. The number of hydrogen-bond acceptors (Lipinski definition) is 3. The maximum absolute atomic E-state index is 8.42. The second-order valence-corrected chi connectivity index (χ2v) is 0.289. The van der Waals surface area contributed by atoms with E-state index >= 15 is 0 Å². The quantitative estimate of drug-likeness (QED) is 0.413. The Labute approximate surface area is 43.2 Å². The molecule has 0 saturated heterocycles. The summed E-state index contributed by atoms with van der Waals surface area (Å²) in [5, 5.41) is 25.2. The molecule has 0 aromatic heterocycles. The van der Waals surface area contributed by atoms with Gasteiger partial charge in [-0.05, 0) is 0 Å². The van der Waals surface area contributed by atoms with E-state index in [0.717, 1.165) is 0 Å².